The number of carbonyl (C=O) groups is 1. The van der Waals surface area contributed by atoms with E-state index in [9.17, 15) is 9.59 Å². The molecule has 0 unspecified atom stereocenters. The highest BCUT2D eigenvalue weighted by molar-refractivity contribution is 8.15. The highest BCUT2D eigenvalue weighted by atomic mass is 32.2. The number of nitrogens with one attached hydrogen (secondary N) is 1. The van der Waals surface area contributed by atoms with Gasteiger partial charge in [-0.1, -0.05) is 30.3 Å². The number of H-pyrrole nitrogens is 1. The lowest BCUT2D eigenvalue weighted by molar-refractivity contribution is -0.113. The minimum atomic E-state index is -0.266. The predicted molar refractivity (Wildman–Crippen MR) is 80.1 cm³/mol. The molecule has 0 saturated carbocycles. The maximum absolute atomic E-state index is 12.4. The molecule has 0 bridgehead atoms. The highest BCUT2D eigenvalue weighted by Crippen LogP contribution is 2.40. The molecule has 6 nitrogen and oxygen atoms in total. The van der Waals surface area contributed by atoms with E-state index in [1.54, 1.807) is 6.08 Å². The van der Waals surface area contributed by atoms with E-state index < -0.39 is 0 Å². The Morgan fingerprint density at radius 1 is 1.19 bits per heavy atom. The summed E-state index contributed by atoms with van der Waals surface area (Å²) >= 11 is 1.16. The number of amides is 1. The fourth-order valence-corrected chi connectivity index (χ4v) is 3.15. The van der Waals surface area contributed by atoms with Crippen molar-refractivity contribution in [1.29, 1.82) is 0 Å². The summed E-state index contributed by atoms with van der Waals surface area (Å²) in [6.07, 6.45) is 3.01. The van der Waals surface area contributed by atoms with Gasteiger partial charge in [-0.15, -0.1) is 0 Å². The van der Waals surface area contributed by atoms with Crippen molar-refractivity contribution >= 4 is 34.7 Å². The molecule has 1 aromatic carbocycles. The monoisotopic (exact) mass is 296 g/mol. The summed E-state index contributed by atoms with van der Waals surface area (Å²) in [5.41, 5.74) is 0.982. The molecule has 0 fully saturated rings. The average molecular weight is 296 g/mol. The summed E-state index contributed by atoms with van der Waals surface area (Å²) in [6.45, 7) is 0. The van der Waals surface area contributed by atoms with Gasteiger partial charge in [0.1, 0.15) is 10.6 Å². The number of thioether (sulfide) groups is 1. The number of hydrogen-bond donors (Lipinski definition) is 1. The molecule has 0 saturated heterocycles. The molecule has 0 aliphatic carbocycles. The SMILES string of the molecule is O=C1/C(=C\c2ccccc2)N=C2Sc3c(nc[nH]c3=O)N12. The van der Waals surface area contributed by atoms with E-state index in [1.165, 1.54) is 11.2 Å². The Hall–Kier alpha value is -2.67. The maximum atomic E-state index is 12.4. The number of rotatable bonds is 1. The van der Waals surface area contributed by atoms with Gasteiger partial charge in [0.2, 0.25) is 0 Å². The van der Waals surface area contributed by atoms with Gasteiger partial charge < -0.3 is 4.98 Å². The van der Waals surface area contributed by atoms with Crippen LogP contribution in [0.15, 0.2) is 57.0 Å². The zero-order valence-electron chi connectivity index (χ0n) is 10.6. The Bertz CT molecular complexity index is 870. The molecule has 1 N–H and O–H groups in total. The quantitative estimate of drug-likeness (QED) is 0.811. The first-order valence-corrected chi connectivity index (χ1v) is 7.01. The molecule has 1 amide bonds. The van der Waals surface area contributed by atoms with Gasteiger partial charge in [-0.3, -0.25) is 9.59 Å². The molecule has 102 valence electrons. The summed E-state index contributed by atoms with van der Waals surface area (Å²) in [5.74, 6) is 0.0853. The minimum Gasteiger partial charge on any atom is -0.312 e. The van der Waals surface area contributed by atoms with Gasteiger partial charge in [0.25, 0.3) is 11.5 Å². The van der Waals surface area contributed by atoms with Crippen LogP contribution >= 0.6 is 11.8 Å². The largest absolute Gasteiger partial charge is 0.312 e. The summed E-state index contributed by atoms with van der Waals surface area (Å²) < 4.78 is 0. The van der Waals surface area contributed by atoms with E-state index >= 15 is 0 Å². The second-order valence-electron chi connectivity index (χ2n) is 4.46. The first-order chi connectivity index (χ1) is 10.2. The number of amidine groups is 1. The molecule has 0 atom stereocenters. The number of aromatic amines is 1. The van der Waals surface area contributed by atoms with Crippen molar-refractivity contribution in [1.82, 2.24) is 9.97 Å². The molecule has 2 aliphatic rings. The normalized spacial score (nSPS) is 17.9. The smallest absolute Gasteiger partial charge is 0.284 e. The Balaban J connectivity index is 1.78. The molecule has 0 radical (unpaired) electrons. The van der Waals surface area contributed by atoms with Crippen molar-refractivity contribution in [3.05, 3.63) is 58.3 Å². The van der Waals surface area contributed by atoms with Gasteiger partial charge in [0.15, 0.2) is 11.0 Å². The summed E-state index contributed by atoms with van der Waals surface area (Å²) in [5, 5.41) is 0.474. The molecule has 4 rings (SSSR count). The number of benzene rings is 1. The molecular formula is C14H8N4O2S. The fourth-order valence-electron chi connectivity index (χ4n) is 2.18. The van der Waals surface area contributed by atoms with Crippen LogP contribution in [-0.2, 0) is 4.79 Å². The van der Waals surface area contributed by atoms with Crippen LogP contribution in [0.5, 0.6) is 0 Å². The van der Waals surface area contributed by atoms with E-state index in [0.29, 0.717) is 21.6 Å². The third kappa shape index (κ3) is 1.82. The molecule has 3 heterocycles. The van der Waals surface area contributed by atoms with Gasteiger partial charge in [0, 0.05) is 0 Å². The molecule has 0 spiro atoms. The summed E-state index contributed by atoms with van der Waals surface area (Å²) in [7, 11) is 0. The molecule has 2 aromatic rings. The standard InChI is InChI=1S/C14H8N4O2S/c19-12-10-11(15-7-16-12)18-13(20)9(17-14(18)21-10)6-8-4-2-1-3-5-8/h1-7H,(H,15,16,19)/b9-6+. The van der Waals surface area contributed by atoms with E-state index in [-0.39, 0.29) is 11.5 Å². The van der Waals surface area contributed by atoms with Gasteiger partial charge in [0.05, 0.1) is 6.33 Å². The number of anilines is 1. The van der Waals surface area contributed by atoms with E-state index in [1.807, 2.05) is 30.3 Å². The third-order valence-corrected chi connectivity index (χ3v) is 4.16. The van der Waals surface area contributed by atoms with E-state index in [0.717, 1.165) is 17.3 Å². The number of aromatic nitrogens is 2. The lowest BCUT2D eigenvalue weighted by Crippen LogP contribution is -2.28. The molecule has 21 heavy (non-hydrogen) atoms. The van der Waals surface area contributed by atoms with Crippen LogP contribution < -0.4 is 10.5 Å². The Morgan fingerprint density at radius 2 is 2.00 bits per heavy atom. The topological polar surface area (TPSA) is 78.4 Å². The summed E-state index contributed by atoms with van der Waals surface area (Å²) in [4.78, 5) is 36.8. The Kier molecular flexibility index (Phi) is 2.55. The lowest BCUT2D eigenvalue weighted by atomic mass is 10.2. The van der Waals surface area contributed by atoms with Crippen LogP contribution in [0.4, 0.5) is 5.82 Å². The van der Waals surface area contributed by atoms with Crippen molar-refractivity contribution in [2.45, 2.75) is 4.90 Å². The number of nitrogens with zero attached hydrogens (tertiary/aromatic N) is 3. The maximum Gasteiger partial charge on any atom is 0.284 e. The van der Waals surface area contributed by atoms with Crippen LogP contribution in [0.3, 0.4) is 0 Å². The zero-order valence-corrected chi connectivity index (χ0v) is 11.4. The number of carbonyl (C=O) groups excluding carboxylic acids is 1. The lowest BCUT2D eigenvalue weighted by Gasteiger charge is -2.07. The van der Waals surface area contributed by atoms with Crippen LogP contribution in [0.25, 0.3) is 6.08 Å². The van der Waals surface area contributed by atoms with Gasteiger partial charge in [-0.2, -0.15) is 0 Å². The van der Waals surface area contributed by atoms with Crippen LogP contribution in [0, 0.1) is 0 Å². The first-order valence-electron chi connectivity index (χ1n) is 6.19. The third-order valence-electron chi connectivity index (χ3n) is 3.13. The first kappa shape index (κ1) is 12.1. The minimum absolute atomic E-state index is 0.261. The van der Waals surface area contributed by atoms with Gasteiger partial charge >= 0.3 is 0 Å². The summed E-state index contributed by atoms with van der Waals surface area (Å²) in [6, 6.07) is 9.49. The van der Waals surface area contributed by atoms with Gasteiger partial charge in [-0.25, -0.2) is 14.9 Å². The van der Waals surface area contributed by atoms with Crippen LogP contribution in [-0.4, -0.2) is 21.0 Å². The van der Waals surface area contributed by atoms with Crippen LogP contribution in [0.2, 0.25) is 0 Å². The van der Waals surface area contributed by atoms with E-state index in [2.05, 4.69) is 15.0 Å². The fraction of sp³-hybridized carbons (Fsp3) is 0. The number of fused-ring (bicyclic) bond motifs is 3. The Morgan fingerprint density at radius 3 is 2.81 bits per heavy atom. The predicted octanol–water partition coefficient (Wildman–Crippen LogP) is 1.62. The molecule has 2 aliphatic heterocycles. The average Bonchev–Trinajstić information content (AvgIpc) is 2.99. The van der Waals surface area contributed by atoms with Crippen molar-refractivity contribution in [3.63, 3.8) is 0 Å². The van der Waals surface area contributed by atoms with Crippen molar-refractivity contribution < 1.29 is 4.79 Å². The zero-order chi connectivity index (χ0) is 14.4. The van der Waals surface area contributed by atoms with Crippen molar-refractivity contribution in [2.24, 2.45) is 4.99 Å². The van der Waals surface area contributed by atoms with Crippen LogP contribution in [0.1, 0.15) is 5.56 Å². The molecular weight excluding hydrogens is 288 g/mol. The van der Waals surface area contributed by atoms with Crippen molar-refractivity contribution in [3.8, 4) is 0 Å². The molecule has 7 heteroatoms. The van der Waals surface area contributed by atoms with Gasteiger partial charge in [-0.05, 0) is 23.4 Å². The second-order valence-corrected chi connectivity index (χ2v) is 5.44. The molecule has 1 aromatic heterocycles. The highest BCUT2D eigenvalue weighted by Gasteiger charge is 2.41. The second kappa shape index (κ2) is 4.42. The number of aliphatic imine (C=N–C) groups is 1. The van der Waals surface area contributed by atoms with Crippen molar-refractivity contribution in [2.75, 3.05) is 4.90 Å². The van der Waals surface area contributed by atoms with E-state index in [4.69, 9.17) is 0 Å². The Labute approximate surface area is 123 Å². The number of hydrogen-bond acceptors (Lipinski definition) is 5.